The third-order valence-corrected chi connectivity index (χ3v) is 4.05. The predicted octanol–water partition coefficient (Wildman–Crippen LogP) is 2.83. The molecule has 0 saturated heterocycles. The summed E-state index contributed by atoms with van der Waals surface area (Å²) in [6, 6.07) is 7.69. The number of ether oxygens (including phenoxy) is 1. The number of hydrogen-bond acceptors (Lipinski definition) is 2. The van der Waals surface area contributed by atoms with E-state index in [1.807, 2.05) is 0 Å². The molecule has 0 spiro atoms. The van der Waals surface area contributed by atoms with Crippen molar-refractivity contribution in [2.24, 2.45) is 0 Å². The van der Waals surface area contributed by atoms with Crippen molar-refractivity contribution in [3.63, 3.8) is 0 Å². The maximum Gasteiger partial charge on any atom is 0.123 e. The summed E-state index contributed by atoms with van der Waals surface area (Å²) < 4.78 is 7.84. The molecule has 0 amide bonds. The summed E-state index contributed by atoms with van der Waals surface area (Å²) in [4.78, 5) is 2.31. The molecule has 3 heteroatoms. The molecule has 18 heavy (non-hydrogen) atoms. The van der Waals surface area contributed by atoms with Gasteiger partial charge in [0, 0.05) is 23.2 Å². The van der Waals surface area contributed by atoms with Gasteiger partial charge in [-0.1, -0.05) is 0 Å². The molecule has 1 unspecified atom stereocenters. The first kappa shape index (κ1) is 11.6. The fraction of sp³-hybridized carbons (Fsp3) is 0.467. The maximum absolute atomic E-state index is 5.43. The van der Waals surface area contributed by atoms with Crippen LogP contribution in [-0.4, -0.2) is 36.7 Å². The molecule has 1 saturated carbocycles. The fourth-order valence-corrected chi connectivity index (χ4v) is 2.94. The molecule has 3 nitrogen and oxygen atoms in total. The first-order chi connectivity index (χ1) is 8.63. The highest BCUT2D eigenvalue weighted by Crippen LogP contribution is 2.42. The molecule has 2 atom stereocenters. The van der Waals surface area contributed by atoms with Crippen molar-refractivity contribution in [1.82, 2.24) is 9.47 Å². The normalized spacial score (nSPS) is 22.7. The van der Waals surface area contributed by atoms with Crippen LogP contribution < -0.4 is 4.74 Å². The topological polar surface area (TPSA) is 17.4 Å². The van der Waals surface area contributed by atoms with Gasteiger partial charge in [-0.05, 0) is 45.6 Å². The summed E-state index contributed by atoms with van der Waals surface area (Å²) >= 11 is 0. The number of aromatic nitrogens is 1. The van der Waals surface area contributed by atoms with Crippen molar-refractivity contribution in [3.8, 4) is 5.75 Å². The Balaban J connectivity index is 2.08. The minimum Gasteiger partial charge on any atom is -0.496 e. The largest absolute Gasteiger partial charge is 0.496 e. The Kier molecular flexibility index (Phi) is 2.59. The van der Waals surface area contributed by atoms with E-state index in [1.165, 1.54) is 22.9 Å². The number of rotatable bonds is 3. The van der Waals surface area contributed by atoms with Crippen LogP contribution >= 0.6 is 0 Å². The minimum atomic E-state index is 0.614. The van der Waals surface area contributed by atoms with E-state index < -0.39 is 0 Å². The van der Waals surface area contributed by atoms with Gasteiger partial charge < -0.3 is 14.2 Å². The smallest absolute Gasteiger partial charge is 0.123 e. The molecule has 1 aromatic heterocycles. The van der Waals surface area contributed by atoms with Gasteiger partial charge in [-0.25, -0.2) is 0 Å². The number of likely N-dealkylation sites (N-methyl/N-ethyl adjacent to an activating group) is 1. The standard InChI is InChI=1S/C15H20N2O/c1-10-14(18-4)6-5-11-7-8-17(15(10)11)13-9-12(13)16(2)3/h5-8,12-13H,9H2,1-4H3/t12?,13-/m0/s1. The average molecular weight is 244 g/mol. The molecular weight excluding hydrogens is 224 g/mol. The summed E-state index contributed by atoms with van der Waals surface area (Å²) in [5.41, 5.74) is 2.56. The quantitative estimate of drug-likeness (QED) is 0.826. The van der Waals surface area contributed by atoms with E-state index in [0.29, 0.717) is 12.1 Å². The molecule has 96 valence electrons. The average Bonchev–Trinajstić information content (AvgIpc) is 3.03. The van der Waals surface area contributed by atoms with Gasteiger partial charge >= 0.3 is 0 Å². The zero-order chi connectivity index (χ0) is 12.9. The Hall–Kier alpha value is -1.48. The highest BCUT2D eigenvalue weighted by molar-refractivity contribution is 5.85. The van der Waals surface area contributed by atoms with Crippen LogP contribution in [-0.2, 0) is 0 Å². The third kappa shape index (κ3) is 1.62. The van der Waals surface area contributed by atoms with Crippen LogP contribution in [0.5, 0.6) is 5.75 Å². The first-order valence-electron chi connectivity index (χ1n) is 6.44. The Morgan fingerprint density at radius 2 is 2.06 bits per heavy atom. The van der Waals surface area contributed by atoms with Crippen LogP contribution in [0, 0.1) is 6.92 Å². The van der Waals surface area contributed by atoms with E-state index in [1.54, 1.807) is 7.11 Å². The summed E-state index contributed by atoms with van der Waals surface area (Å²) in [7, 11) is 6.05. The molecule has 0 radical (unpaired) electrons. The van der Waals surface area contributed by atoms with Crippen molar-refractivity contribution in [3.05, 3.63) is 30.0 Å². The second-order valence-corrected chi connectivity index (χ2v) is 5.39. The van der Waals surface area contributed by atoms with Crippen LogP contribution in [0.1, 0.15) is 18.0 Å². The number of aryl methyl sites for hydroxylation is 1. The van der Waals surface area contributed by atoms with Crippen molar-refractivity contribution in [2.45, 2.75) is 25.4 Å². The third-order valence-electron chi connectivity index (χ3n) is 4.05. The second-order valence-electron chi connectivity index (χ2n) is 5.39. The van der Waals surface area contributed by atoms with E-state index in [4.69, 9.17) is 4.74 Å². The van der Waals surface area contributed by atoms with Gasteiger partial charge in [0.1, 0.15) is 5.75 Å². The molecule has 1 aliphatic rings. The molecule has 1 aromatic carbocycles. The molecular formula is C15H20N2O. The molecule has 2 aromatic rings. The highest BCUT2D eigenvalue weighted by Gasteiger charge is 2.40. The lowest BCUT2D eigenvalue weighted by Crippen LogP contribution is -2.17. The lowest BCUT2D eigenvalue weighted by atomic mass is 10.1. The minimum absolute atomic E-state index is 0.614. The van der Waals surface area contributed by atoms with Crippen LogP contribution in [0.15, 0.2) is 24.4 Å². The molecule has 3 rings (SSSR count). The van der Waals surface area contributed by atoms with Crippen molar-refractivity contribution in [2.75, 3.05) is 21.2 Å². The Labute approximate surface area is 108 Å². The Morgan fingerprint density at radius 3 is 2.67 bits per heavy atom. The SMILES string of the molecule is COc1ccc2ccn([C@H]3CC3N(C)C)c2c1C. The molecule has 0 N–H and O–H groups in total. The molecule has 1 heterocycles. The molecule has 0 bridgehead atoms. The lowest BCUT2D eigenvalue weighted by molar-refractivity contribution is 0.377. The lowest BCUT2D eigenvalue weighted by Gasteiger charge is -2.13. The predicted molar refractivity (Wildman–Crippen MR) is 74.4 cm³/mol. The Morgan fingerprint density at radius 1 is 1.28 bits per heavy atom. The van der Waals surface area contributed by atoms with Crippen molar-refractivity contribution < 1.29 is 4.74 Å². The van der Waals surface area contributed by atoms with Gasteiger partial charge in [0.05, 0.1) is 18.7 Å². The van der Waals surface area contributed by atoms with Gasteiger partial charge in [-0.15, -0.1) is 0 Å². The second kappa shape index (κ2) is 4.02. The summed E-state index contributed by atoms with van der Waals surface area (Å²) in [6.07, 6.45) is 3.46. The number of nitrogens with zero attached hydrogens (tertiary/aromatic N) is 2. The highest BCUT2D eigenvalue weighted by atomic mass is 16.5. The molecule has 1 aliphatic carbocycles. The van der Waals surface area contributed by atoms with E-state index in [9.17, 15) is 0 Å². The van der Waals surface area contributed by atoms with E-state index in [-0.39, 0.29) is 0 Å². The van der Waals surface area contributed by atoms with Gasteiger partial charge in [0.25, 0.3) is 0 Å². The van der Waals surface area contributed by atoms with Crippen LogP contribution in [0.4, 0.5) is 0 Å². The Bertz CT molecular complexity index is 585. The first-order valence-corrected chi connectivity index (χ1v) is 6.44. The number of methoxy groups -OCH3 is 1. The van der Waals surface area contributed by atoms with Crippen LogP contribution in [0.3, 0.4) is 0 Å². The van der Waals surface area contributed by atoms with Crippen LogP contribution in [0.2, 0.25) is 0 Å². The number of hydrogen-bond donors (Lipinski definition) is 0. The molecule has 1 fully saturated rings. The maximum atomic E-state index is 5.43. The van der Waals surface area contributed by atoms with Gasteiger partial charge in [0.15, 0.2) is 0 Å². The molecule has 0 aliphatic heterocycles. The van der Waals surface area contributed by atoms with Gasteiger partial charge in [-0.3, -0.25) is 0 Å². The van der Waals surface area contributed by atoms with E-state index >= 15 is 0 Å². The summed E-state index contributed by atoms with van der Waals surface area (Å²) in [5, 5.41) is 1.30. The monoisotopic (exact) mass is 244 g/mol. The van der Waals surface area contributed by atoms with E-state index in [0.717, 1.165) is 5.75 Å². The van der Waals surface area contributed by atoms with E-state index in [2.05, 4.69) is 54.9 Å². The zero-order valence-electron chi connectivity index (χ0n) is 11.5. The zero-order valence-corrected chi connectivity index (χ0v) is 11.5. The van der Waals surface area contributed by atoms with Crippen molar-refractivity contribution >= 4 is 10.9 Å². The van der Waals surface area contributed by atoms with Gasteiger partial charge in [0.2, 0.25) is 0 Å². The van der Waals surface area contributed by atoms with Crippen LogP contribution in [0.25, 0.3) is 10.9 Å². The summed E-state index contributed by atoms with van der Waals surface area (Å²) in [6.45, 7) is 2.14. The summed E-state index contributed by atoms with van der Waals surface area (Å²) in [5.74, 6) is 0.976. The fourth-order valence-electron chi connectivity index (χ4n) is 2.94. The van der Waals surface area contributed by atoms with Gasteiger partial charge in [-0.2, -0.15) is 0 Å². The number of fused-ring (bicyclic) bond motifs is 1. The van der Waals surface area contributed by atoms with Crippen molar-refractivity contribution in [1.29, 1.82) is 0 Å². The number of benzene rings is 1.